The number of sulfonamides is 1. The summed E-state index contributed by atoms with van der Waals surface area (Å²) < 4.78 is 38.7. The van der Waals surface area contributed by atoms with Gasteiger partial charge in [0.1, 0.15) is 5.82 Å². The van der Waals surface area contributed by atoms with Gasteiger partial charge < -0.3 is 5.32 Å². The topological polar surface area (TPSA) is 66.5 Å². The number of carbonyl (C=O) groups excluding carboxylic acids is 1. The summed E-state index contributed by atoms with van der Waals surface area (Å²) in [6.45, 7) is 2.01. The Labute approximate surface area is 153 Å². The van der Waals surface area contributed by atoms with Gasteiger partial charge in [0, 0.05) is 13.1 Å². The summed E-state index contributed by atoms with van der Waals surface area (Å²) in [6, 6.07) is 13.8. The molecule has 0 atom stereocenters. The van der Waals surface area contributed by atoms with Gasteiger partial charge in [-0.15, -0.1) is 0 Å². The molecule has 0 radical (unpaired) electrons. The van der Waals surface area contributed by atoms with Gasteiger partial charge in [0.2, 0.25) is 15.9 Å². The highest BCUT2D eigenvalue weighted by molar-refractivity contribution is 7.88. The Morgan fingerprint density at radius 1 is 1.15 bits per heavy atom. The van der Waals surface area contributed by atoms with Crippen molar-refractivity contribution in [2.24, 2.45) is 0 Å². The number of aryl methyl sites for hydroxylation is 1. The average Bonchev–Trinajstić information content (AvgIpc) is 2.55. The third kappa shape index (κ3) is 6.24. The van der Waals surface area contributed by atoms with E-state index in [1.165, 1.54) is 6.07 Å². The van der Waals surface area contributed by atoms with E-state index in [1.807, 2.05) is 31.2 Å². The van der Waals surface area contributed by atoms with Crippen molar-refractivity contribution < 1.29 is 17.6 Å². The lowest BCUT2D eigenvalue weighted by molar-refractivity contribution is -0.121. The lowest BCUT2D eigenvalue weighted by atomic mass is 10.1. The standard InChI is InChI=1S/C19H23FN2O3S/c1-15-6-5-7-16(12-15)13-22(26(2,24)25)14-19(23)21-11-10-17-8-3-4-9-18(17)20/h3-9,12H,10-11,13-14H2,1-2H3,(H,21,23). The van der Waals surface area contributed by atoms with Crippen molar-refractivity contribution in [3.63, 3.8) is 0 Å². The van der Waals surface area contributed by atoms with Crippen LogP contribution in [0.3, 0.4) is 0 Å². The maximum Gasteiger partial charge on any atom is 0.235 e. The quantitative estimate of drug-likeness (QED) is 0.766. The first kappa shape index (κ1) is 20.1. The number of rotatable bonds is 8. The fourth-order valence-corrected chi connectivity index (χ4v) is 3.29. The number of halogens is 1. The number of hydrogen-bond acceptors (Lipinski definition) is 3. The van der Waals surface area contributed by atoms with Gasteiger partial charge in [-0.05, 0) is 30.5 Å². The minimum atomic E-state index is -3.54. The smallest absolute Gasteiger partial charge is 0.235 e. The molecule has 0 aliphatic carbocycles. The zero-order valence-corrected chi connectivity index (χ0v) is 15.7. The van der Waals surface area contributed by atoms with Crippen LogP contribution in [0.15, 0.2) is 48.5 Å². The number of nitrogens with one attached hydrogen (secondary N) is 1. The normalized spacial score (nSPS) is 11.5. The van der Waals surface area contributed by atoms with Gasteiger partial charge in [-0.25, -0.2) is 12.8 Å². The number of carbonyl (C=O) groups is 1. The highest BCUT2D eigenvalue weighted by atomic mass is 32.2. The molecule has 0 heterocycles. The summed E-state index contributed by atoms with van der Waals surface area (Å²) >= 11 is 0. The summed E-state index contributed by atoms with van der Waals surface area (Å²) in [5.74, 6) is -0.738. The van der Waals surface area contributed by atoms with E-state index in [0.717, 1.165) is 21.7 Å². The van der Waals surface area contributed by atoms with Crippen molar-refractivity contribution >= 4 is 15.9 Å². The lowest BCUT2D eigenvalue weighted by Crippen LogP contribution is -2.40. The van der Waals surface area contributed by atoms with E-state index < -0.39 is 15.9 Å². The first-order valence-corrected chi connectivity index (χ1v) is 10.1. The van der Waals surface area contributed by atoms with Gasteiger partial charge in [0.15, 0.2) is 0 Å². The highest BCUT2D eigenvalue weighted by Gasteiger charge is 2.20. The molecule has 0 aliphatic rings. The molecule has 7 heteroatoms. The largest absolute Gasteiger partial charge is 0.355 e. The lowest BCUT2D eigenvalue weighted by Gasteiger charge is -2.20. The van der Waals surface area contributed by atoms with Crippen molar-refractivity contribution in [3.8, 4) is 0 Å². The molecule has 26 heavy (non-hydrogen) atoms. The van der Waals surface area contributed by atoms with Gasteiger partial charge in [-0.3, -0.25) is 4.79 Å². The Kier molecular flexibility index (Phi) is 6.88. The van der Waals surface area contributed by atoms with Crippen LogP contribution in [0.1, 0.15) is 16.7 Å². The van der Waals surface area contributed by atoms with E-state index in [4.69, 9.17) is 0 Å². The molecule has 0 aromatic heterocycles. The first-order chi connectivity index (χ1) is 12.3. The summed E-state index contributed by atoms with van der Waals surface area (Å²) in [5, 5.41) is 2.65. The van der Waals surface area contributed by atoms with Crippen molar-refractivity contribution in [2.45, 2.75) is 19.9 Å². The first-order valence-electron chi connectivity index (χ1n) is 8.26. The van der Waals surface area contributed by atoms with Gasteiger partial charge >= 0.3 is 0 Å². The average molecular weight is 378 g/mol. The van der Waals surface area contributed by atoms with E-state index >= 15 is 0 Å². The predicted molar refractivity (Wildman–Crippen MR) is 99.5 cm³/mol. The molecule has 1 amide bonds. The molecule has 0 spiro atoms. The second-order valence-corrected chi connectivity index (χ2v) is 8.19. The van der Waals surface area contributed by atoms with Gasteiger partial charge in [0.25, 0.3) is 0 Å². The van der Waals surface area contributed by atoms with Crippen LogP contribution in [0, 0.1) is 12.7 Å². The van der Waals surface area contributed by atoms with Gasteiger partial charge in [-0.1, -0.05) is 48.0 Å². The van der Waals surface area contributed by atoms with Crippen LogP contribution < -0.4 is 5.32 Å². The number of nitrogens with zero attached hydrogens (tertiary/aromatic N) is 1. The van der Waals surface area contributed by atoms with Crippen LogP contribution in [0.4, 0.5) is 4.39 Å². The molecular formula is C19H23FN2O3S. The van der Waals surface area contributed by atoms with Gasteiger partial charge in [0.05, 0.1) is 12.8 Å². The molecule has 5 nitrogen and oxygen atoms in total. The van der Waals surface area contributed by atoms with Crippen LogP contribution >= 0.6 is 0 Å². The summed E-state index contributed by atoms with van der Waals surface area (Å²) in [5.41, 5.74) is 2.34. The van der Waals surface area contributed by atoms with Crippen molar-refractivity contribution in [1.29, 1.82) is 0 Å². The monoisotopic (exact) mass is 378 g/mol. The van der Waals surface area contributed by atoms with Crippen LogP contribution in [0.2, 0.25) is 0 Å². The molecule has 0 aliphatic heterocycles. The maximum atomic E-state index is 13.6. The van der Waals surface area contributed by atoms with E-state index in [-0.39, 0.29) is 25.5 Å². The molecule has 0 bridgehead atoms. The third-order valence-corrected chi connectivity index (χ3v) is 5.10. The Balaban J connectivity index is 1.93. The van der Waals surface area contributed by atoms with Crippen molar-refractivity contribution in [1.82, 2.24) is 9.62 Å². The van der Waals surface area contributed by atoms with Crippen molar-refractivity contribution in [3.05, 3.63) is 71.0 Å². The molecule has 2 rings (SSSR count). The number of amides is 1. The predicted octanol–water partition coefficient (Wildman–Crippen LogP) is 2.25. The van der Waals surface area contributed by atoms with E-state index in [0.29, 0.717) is 12.0 Å². The summed E-state index contributed by atoms with van der Waals surface area (Å²) in [6.07, 6.45) is 1.42. The van der Waals surface area contributed by atoms with Gasteiger partial charge in [-0.2, -0.15) is 4.31 Å². The Morgan fingerprint density at radius 3 is 2.54 bits per heavy atom. The Hall–Kier alpha value is -2.25. The molecular weight excluding hydrogens is 355 g/mol. The molecule has 0 saturated heterocycles. The molecule has 0 fully saturated rings. The maximum absolute atomic E-state index is 13.6. The molecule has 0 unspecified atom stereocenters. The summed E-state index contributed by atoms with van der Waals surface area (Å²) in [7, 11) is -3.54. The zero-order valence-electron chi connectivity index (χ0n) is 14.9. The Bertz CT molecular complexity index is 869. The zero-order chi connectivity index (χ0) is 19.2. The second kappa shape index (κ2) is 8.91. The SMILES string of the molecule is Cc1cccc(CN(CC(=O)NCCc2ccccc2F)S(C)(=O)=O)c1. The van der Waals surface area contributed by atoms with Crippen LogP contribution in [-0.2, 0) is 27.8 Å². The minimum Gasteiger partial charge on any atom is -0.355 e. The second-order valence-electron chi connectivity index (χ2n) is 6.21. The fourth-order valence-electron chi connectivity index (χ4n) is 2.56. The molecule has 2 aromatic carbocycles. The molecule has 2 aromatic rings. The van der Waals surface area contributed by atoms with E-state index in [2.05, 4.69) is 5.32 Å². The minimum absolute atomic E-state index is 0.126. The third-order valence-electron chi connectivity index (χ3n) is 3.90. The van der Waals surface area contributed by atoms with Crippen LogP contribution in [0.25, 0.3) is 0 Å². The van der Waals surface area contributed by atoms with Crippen LogP contribution in [0.5, 0.6) is 0 Å². The molecule has 1 N–H and O–H groups in total. The van der Waals surface area contributed by atoms with E-state index in [9.17, 15) is 17.6 Å². The Morgan fingerprint density at radius 2 is 1.88 bits per heavy atom. The molecule has 0 saturated carbocycles. The number of benzene rings is 2. The molecule has 140 valence electrons. The fraction of sp³-hybridized carbons (Fsp3) is 0.316. The van der Waals surface area contributed by atoms with Crippen LogP contribution in [-0.4, -0.2) is 38.0 Å². The summed E-state index contributed by atoms with van der Waals surface area (Å²) in [4.78, 5) is 12.1. The van der Waals surface area contributed by atoms with Crippen molar-refractivity contribution in [2.75, 3.05) is 19.3 Å². The number of hydrogen-bond donors (Lipinski definition) is 1. The highest BCUT2D eigenvalue weighted by Crippen LogP contribution is 2.10. The van der Waals surface area contributed by atoms with E-state index in [1.54, 1.807) is 18.2 Å².